The molecule has 28 heavy (non-hydrogen) atoms. The first-order valence-corrected chi connectivity index (χ1v) is 8.65. The van der Waals surface area contributed by atoms with Crippen LogP contribution in [0, 0.1) is 0 Å². The molecule has 0 saturated heterocycles. The first-order valence-electron chi connectivity index (χ1n) is 8.65. The van der Waals surface area contributed by atoms with Crippen molar-refractivity contribution in [2.24, 2.45) is 0 Å². The van der Waals surface area contributed by atoms with Gasteiger partial charge in [0.2, 0.25) is 0 Å². The molecule has 0 saturated carbocycles. The smallest absolute Gasteiger partial charge is 0.263 e. The minimum Gasteiger partial charge on any atom is -0.484 e. The Balaban J connectivity index is 1.51. The zero-order valence-corrected chi connectivity index (χ0v) is 14.8. The van der Waals surface area contributed by atoms with Gasteiger partial charge in [-0.05, 0) is 29.8 Å². The number of amides is 1. The quantitative estimate of drug-likeness (QED) is 0.575. The van der Waals surface area contributed by atoms with Crippen molar-refractivity contribution < 1.29 is 13.9 Å². The van der Waals surface area contributed by atoms with Crippen molar-refractivity contribution in [2.45, 2.75) is 0 Å². The standard InChI is InChI=1S/C22H16N2O4/c25-21(24-20-8-4-5-11-23-20)14-27-16-9-10-17-19(12-16)28-13-18(22(17)26)15-6-2-1-3-7-15/h1-13H,14H2,(H,23,24,25). The highest BCUT2D eigenvalue weighted by Gasteiger charge is 2.11. The molecule has 0 fully saturated rings. The fourth-order valence-corrected chi connectivity index (χ4v) is 2.78. The molecule has 0 aliphatic carbocycles. The fourth-order valence-electron chi connectivity index (χ4n) is 2.78. The van der Waals surface area contributed by atoms with E-state index in [1.54, 1.807) is 42.6 Å². The number of anilines is 1. The van der Waals surface area contributed by atoms with E-state index in [1.165, 1.54) is 6.26 Å². The van der Waals surface area contributed by atoms with Crippen LogP contribution in [0.2, 0.25) is 0 Å². The summed E-state index contributed by atoms with van der Waals surface area (Å²) in [5.74, 6) is 0.549. The SMILES string of the molecule is O=C(COc1ccc2c(=O)c(-c3ccccc3)coc2c1)Nc1ccccn1. The average molecular weight is 372 g/mol. The van der Waals surface area contributed by atoms with Gasteiger partial charge in [0.1, 0.15) is 23.4 Å². The molecule has 4 aromatic rings. The highest BCUT2D eigenvalue weighted by atomic mass is 16.5. The molecule has 6 nitrogen and oxygen atoms in total. The Kier molecular flexibility index (Phi) is 4.84. The van der Waals surface area contributed by atoms with Crippen LogP contribution in [0.25, 0.3) is 22.1 Å². The summed E-state index contributed by atoms with van der Waals surface area (Å²) in [4.78, 5) is 28.7. The Morgan fingerprint density at radius 2 is 1.86 bits per heavy atom. The molecule has 0 aliphatic heterocycles. The van der Waals surface area contributed by atoms with E-state index in [0.29, 0.717) is 28.1 Å². The van der Waals surface area contributed by atoms with E-state index in [2.05, 4.69) is 10.3 Å². The molecule has 0 atom stereocenters. The van der Waals surface area contributed by atoms with Crippen LogP contribution in [0.3, 0.4) is 0 Å². The van der Waals surface area contributed by atoms with Crippen LogP contribution < -0.4 is 15.5 Å². The van der Waals surface area contributed by atoms with E-state index in [4.69, 9.17) is 9.15 Å². The summed E-state index contributed by atoms with van der Waals surface area (Å²) in [6.45, 7) is -0.186. The van der Waals surface area contributed by atoms with Gasteiger partial charge in [0.25, 0.3) is 5.91 Å². The summed E-state index contributed by atoms with van der Waals surface area (Å²) in [6.07, 6.45) is 3.03. The van der Waals surface area contributed by atoms with E-state index < -0.39 is 0 Å². The number of nitrogens with zero attached hydrogens (tertiary/aromatic N) is 1. The number of fused-ring (bicyclic) bond motifs is 1. The van der Waals surface area contributed by atoms with Crippen molar-refractivity contribution in [3.8, 4) is 16.9 Å². The predicted molar refractivity (Wildman–Crippen MR) is 106 cm³/mol. The van der Waals surface area contributed by atoms with Crippen molar-refractivity contribution >= 4 is 22.7 Å². The number of pyridine rings is 1. The van der Waals surface area contributed by atoms with Crippen molar-refractivity contribution in [1.29, 1.82) is 0 Å². The lowest BCUT2D eigenvalue weighted by Crippen LogP contribution is -2.20. The molecular formula is C22H16N2O4. The zero-order valence-electron chi connectivity index (χ0n) is 14.8. The Morgan fingerprint density at radius 3 is 2.64 bits per heavy atom. The number of benzene rings is 2. The molecule has 2 aromatic heterocycles. The summed E-state index contributed by atoms with van der Waals surface area (Å²) in [7, 11) is 0. The lowest BCUT2D eigenvalue weighted by atomic mass is 10.1. The van der Waals surface area contributed by atoms with Crippen LogP contribution in [0.15, 0.2) is 88.4 Å². The van der Waals surface area contributed by atoms with Gasteiger partial charge >= 0.3 is 0 Å². The monoisotopic (exact) mass is 372 g/mol. The first-order chi connectivity index (χ1) is 13.7. The fraction of sp³-hybridized carbons (Fsp3) is 0.0455. The van der Waals surface area contributed by atoms with E-state index in [-0.39, 0.29) is 17.9 Å². The molecule has 1 amide bonds. The molecule has 4 rings (SSSR count). The van der Waals surface area contributed by atoms with Gasteiger partial charge in [0.05, 0.1) is 10.9 Å². The molecule has 0 radical (unpaired) electrons. The van der Waals surface area contributed by atoms with Gasteiger partial charge in [0.15, 0.2) is 12.0 Å². The topological polar surface area (TPSA) is 81.4 Å². The maximum absolute atomic E-state index is 12.7. The third-order valence-corrected chi connectivity index (χ3v) is 4.13. The molecule has 0 spiro atoms. The minimum atomic E-state index is -0.334. The third-order valence-electron chi connectivity index (χ3n) is 4.13. The normalized spacial score (nSPS) is 10.6. The largest absolute Gasteiger partial charge is 0.484 e. The second-order valence-electron chi connectivity index (χ2n) is 6.05. The molecule has 6 heteroatoms. The van der Waals surface area contributed by atoms with E-state index in [0.717, 1.165) is 5.56 Å². The van der Waals surface area contributed by atoms with Crippen LogP contribution in [0.1, 0.15) is 0 Å². The number of carbonyl (C=O) groups is 1. The van der Waals surface area contributed by atoms with Crippen LogP contribution in [-0.4, -0.2) is 17.5 Å². The van der Waals surface area contributed by atoms with Gasteiger partial charge in [-0.1, -0.05) is 36.4 Å². The summed E-state index contributed by atoms with van der Waals surface area (Å²) >= 11 is 0. The van der Waals surface area contributed by atoms with E-state index in [9.17, 15) is 9.59 Å². The number of rotatable bonds is 5. The minimum absolute atomic E-state index is 0.119. The number of nitrogens with one attached hydrogen (secondary N) is 1. The van der Waals surface area contributed by atoms with Gasteiger partial charge in [0, 0.05) is 12.3 Å². The highest BCUT2D eigenvalue weighted by molar-refractivity contribution is 5.91. The molecule has 1 N–H and O–H groups in total. The number of hydrogen-bond acceptors (Lipinski definition) is 5. The Labute approximate surface area is 160 Å². The lowest BCUT2D eigenvalue weighted by molar-refractivity contribution is -0.118. The van der Waals surface area contributed by atoms with Gasteiger partial charge in [-0.15, -0.1) is 0 Å². The molecule has 2 heterocycles. The van der Waals surface area contributed by atoms with Gasteiger partial charge in [-0.3, -0.25) is 9.59 Å². The van der Waals surface area contributed by atoms with Gasteiger partial charge < -0.3 is 14.5 Å². The lowest BCUT2D eigenvalue weighted by Gasteiger charge is -2.08. The molecule has 138 valence electrons. The van der Waals surface area contributed by atoms with Crippen LogP contribution >= 0.6 is 0 Å². The molecule has 0 aliphatic rings. The predicted octanol–water partition coefficient (Wildman–Crippen LogP) is 3.87. The number of carbonyl (C=O) groups excluding carboxylic acids is 1. The van der Waals surface area contributed by atoms with Crippen LogP contribution in [0.5, 0.6) is 5.75 Å². The molecule has 0 bridgehead atoms. The summed E-state index contributed by atoms with van der Waals surface area (Å²) in [5.41, 5.74) is 1.57. The second-order valence-corrected chi connectivity index (χ2v) is 6.05. The zero-order chi connectivity index (χ0) is 19.3. The van der Waals surface area contributed by atoms with Crippen molar-refractivity contribution in [1.82, 2.24) is 4.98 Å². The summed E-state index contributed by atoms with van der Waals surface area (Å²) < 4.78 is 11.1. The van der Waals surface area contributed by atoms with Gasteiger partial charge in [-0.2, -0.15) is 0 Å². The Bertz CT molecular complexity index is 1170. The maximum atomic E-state index is 12.7. The van der Waals surface area contributed by atoms with E-state index >= 15 is 0 Å². The van der Waals surface area contributed by atoms with Crippen LogP contribution in [0.4, 0.5) is 5.82 Å². The maximum Gasteiger partial charge on any atom is 0.263 e. The van der Waals surface area contributed by atoms with Crippen molar-refractivity contribution in [3.63, 3.8) is 0 Å². The average Bonchev–Trinajstić information content (AvgIpc) is 2.74. The van der Waals surface area contributed by atoms with Crippen molar-refractivity contribution in [2.75, 3.05) is 11.9 Å². The summed E-state index contributed by atoms with van der Waals surface area (Å²) in [6, 6.07) is 19.4. The second kappa shape index (κ2) is 7.75. The highest BCUT2D eigenvalue weighted by Crippen LogP contribution is 2.23. The third kappa shape index (κ3) is 3.76. The number of aromatic nitrogens is 1. The van der Waals surface area contributed by atoms with Gasteiger partial charge in [-0.25, -0.2) is 4.98 Å². The molecule has 0 unspecified atom stereocenters. The van der Waals surface area contributed by atoms with E-state index in [1.807, 2.05) is 30.3 Å². The molecule has 2 aromatic carbocycles. The summed E-state index contributed by atoms with van der Waals surface area (Å²) in [5, 5.41) is 3.09. The number of ether oxygens (including phenoxy) is 1. The molecular weight excluding hydrogens is 356 g/mol. The Morgan fingerprint density at radius 1 is 1.04 bits per heavy atom. The Hall–Kier alpha value is -3.93. The van der Waals surface area contributed by atoms with Crippen LogP contribution in [-0.2, 0) is 4.79 Å². The first kappa shape index (κ1) is 17.5. The van der Waals surface area contributed by atoms with Crippen molar-refractivity contribution in [3.05, 3.63) is 89.4 Å². The number of hydrogen-bond donors (Lipinski definition) is 1.